The highest BCUT2D eigenvalue weighted by atomic mass is 35.5. The minimum atomic E-state index is -1.18. The fraction of sp³-hybridized carbons (Fsp3) is 0.538. The van der Waals surface area contributed by atoms with E-state index < -0.39 is 11.5 Å². The molecule has 1 aliphatic heterocycles. The molecule has 5 nitrogen and oxygen atoms in total. The Kier molecular flexibility index (Phi) is 4.08. The van der Waals surface area contributed by atoms with Crippen molar-refractivity contribution in [3.8, 4) is 0 Å². The highest BCUT2D eigenvalue weighted by Crippen LogP contribution is 2.32. The molecule has 0 bridgehead atoms. The summed E-state index contributed by atoms with van der Waals surface area (Å²) in [5, 5.41) is 10.1. The number of aliphatic carboxylic acids is 1. The first-order chi connectivity index (χ1) is 8.96. The summed E-state index contributed by atoms with van der Waals surface area (Å²) in [7, 11) is 2.03. The van der Waals surface area contributed by atoms with Crippen molar-refractivity contribution < 1.29 is 9.90 Å². The number of halogens is 1. The molecule has 1 N–H and O–H groups in total. The minimum Gasteiger partial charge on any atom is -0.480 e. The maximum Gasteiger partial charge on any atom is 0.330 e. The first-order valence-corrected chi connectivity index (χ1v) is 6.62. The van der Waals surface area contributed by atoms with Gasteiger partial charge in [0, 0.05) is 32.4 Å². The van der Waals surface area contributed by atoms with Crippen LogP contribution in [0.15, 0.2) is 18.3 Å². The van der Waals surface area contributed by atoms with E-state index in [9.17, 15) is 9.90 Å². The van der Waals surface area contributed by atoms with E-state index in [1.165, 1.54) is 0 Å². The third-order valence-corrected chi connectivity index (χ3v) is 4.08. The number of carbonyl (C=O) groups is 1. The number of nitrogens with zero attached hydrogens (tertiary/aromatic N) is 3. The highest BCUT2D eigenvalue weighted by Gasteiger charge is 2.44. The van der Waals surface area contributed by atoms with Crippen LogP contribution >= 0.6 is 11.6 Å². The average molecular weight is 284 g/mol. The molecule has 0 aromatic carbocycles. The van der Waals surface area contributed by atoms with Crippen LogP contribution in [0.4, 0.5) is 0 Å². The van der Waals surface area contributed by atoms with Crippen LogP contribution in [0, 0.1) is 0 Å². The first-order valence-electron chi connectivity index (χ1n) is 6.24. The molecule has 0 saturated carbocycles. The van der Waals surface area contributed by atoms with Gasteiger partial charge in [-0.2, -0.15) is 0 Å². The number of hydrogen-bond donors (Lipinski definition) is 1. The van der Waals surface area contributed by atoms with Crippen molar-refractivity contribution in [2.75, 3.05) is 33.2 Å². The molecule has 0 aliphatic carbocycles. The van der Waals surface area contributed by atoms with Gasteiger partial charge in [-0.25, -0.2) is 4.79 Å². The number of pyridine rings is 1. The lowest BCUT2D eigenvalue weighted by Gasteiger charge is -2.42. The SMILES string of the molecule is CN1CCN(C(C)(C(=O)O)c2ncccc2Cl)CC1. The van der Waals surface area contributed by atoms with Crippen molar-refractivity contribution in [1.29, 1.82) is 0 Å². The predicted molar refractivity (Wildman–Crippen MR) is 73.3 cm³/mol. The largest absolute Gasteiger partial charge is 0.480 e. The van der Waals surface area contributed by atoms with E-state index >= 15 is 0 Å². The molecule has 1 fully saturated rings. The van der Waals surface area contributed by atoms with Gasteiger partial charge in [-0.15, -0.1) is 0 Å². The van der Waals surface area contributed by atoms with Gasteiger partial charge in [-0.3, -0.25) is 9.88 Å². The summed E-state index contributed by atoms with van der Waals surface area (Å²) in [6, 6.07) is 3.39. The Bertz CT molecular complexity index is 475. The summed E-state index contributed by atoms with van der Waals surface area (Å²) in [5.41, 5.74) is -0.770. The number of rotatable bonds is 3. The van der Waals surface area contributed by atoms with Crippen LogP contribution in [0.25, 0.3) is 0 Å². The van der Waals surface area contributed by atoms with E-state index in [2.05, 4.69) is 9.88 Å². The Balaban J connectivity index is 2.38. The van der Waals surface area contributed by atoms with Crippen LogP contribution in [-0.2, 0) is 10.3 Å². The van der Waals surface area contributed by atoms with Crippen molar-refractivity contribution in [2.24, 2.45) is 0 Å². The zero-order valence-electron chi connectivity index (χ0n) is 11.1. The van der Waals surface area contributed by atoms with Crippen LogP contribution < -0.4 is 0 Å². The Morgan fingerprint density at radius 1 is 1.42 bits per heavy atom. The van der Waals surface area contributed by atoms with E-state index in [1.807, 2.05) is 11.9 Å². The Morgan fingerprint density at radius 2 is 2.05 bits per heavy atom. The third-order valence-electron chi connectivity index (χ3n) is 3.77. The molecule has 0 spiro atoms. The topological polar surface area (TPSA) is 56.7 Å². The number of carboxylic acids is 1. The van der Waals surface area contributed by atoms with Gasteiger partial charge in [0.05, 0.1) is 10.7 Å². The van der Waals surface area contributed by atoms with E-state index in [1.54, 1.807) is 25.3 Å². The van der Waals surface area contributed by atoms with Gasteiger partial charge < -0.3 is 10.0 Å². The molecule has 104 valence electrons. The molecular formula is C13H18ClN3O2. The van der Waals surface area contributed by atoms with Crippen LogP contribution in [0.5, 0.6) is 0 Å². The molecule has 1 aliphatic rings. The van der Waals surface area contributed by atoms with E-state index in [-0.39, 0.29) is 0 Å². The Labute approximate surface area is 117 Å². The molecule has 1 aromatic heterocycles. The van der Waals surface area contributed by atoms with Crippen molar-refractivity contribution in [3.63, 3.8) is 0 Å². The lowest BCUT2D eigenvalue weighted by atomic mass is 9.93. The van der Waals surface area contributed by atoms with Crippen molar-refractivity contribution >= 4 is 17.6 Å². The Morgan fingerprint density at radius 3 is 2.58 bits per heavy atom. The summed E-state index contributed by atoms with van der Waals surface area (Å²) in [4.78, 5) is 20.1. The van der Waals surface area contributed by atoms with Crippen LogP contribution in [0.3, 0.4) is 0 Å². The number of aromatic nitrogens is 1. The number of hydrogen-bond acceptors (Lipinski definition) is 4. The van der Waals surface area contributed by atoms with Gasteiger partial charge >= 0.3 is 5.97 Å². The molecule has 2 rings (SSSR count). The minimum absolute atomic E-state index is 0.395. The molecule has 0 radical (unpaired) electrons. The summed E-state index contributed by atoms with van der Waals surface area (Å²) in [5.74, 6) is -0.919. The van der Waals surface area contributed by atoms with Crippen molar-refractivity contribution in [2.45, 2.75) is 12.5 Å². The van der Waals surface area contributed by atoms with E-state index in [0.29, 0.717) is 23.8 Å². The molecule has 0 amide bonds. The smallest absolute Gasteiger partial charge is 0.330 e. The van der Waals surface area contributed by atoms with Crippen molar-refractivity contribution in [3.05, 3.63) is 29.0 Å². The summed E-state index contributed by atoms with van der Waals surface area (Å²) in [6.07, 6.45) is 1.58. The predicted octanol–water partition coefficient (Wildman–Crippen LogP) is 1.28. The zero-order chi connectivity index (χ0) is 14.0. The second-order valence-electron chi connectivity index (χ2n) is 5.00. The molecule has 2 heterocycles. The zero-order valence-corrected chi connectivity index (χ0v) is 11.9. The van der Waals surface area contributed by atoms with Crippen molar-refractivity contribution in [1.82, 2.24) is 14.8 Å². The second kappa shape index (κ2) is 5.45. The number of likely N-dealkylation sites (N-methyl/N-ethyl adjacent to an activating group) is 1. The summed E-state index contributed by atoms with van der Waals surface area (Å²) in [6.45, 7) is 4.73. The van der Waals surface area contributed by atoms with Gasteiger partial charge in [-0.05, 0) is 26.1 Å². The normalized spacial score (nSPS) is 21.0. The van der Waals surface area contributed by atoms with Crippen LogP contribution in [0.2, 0.25) is 5.02 Å². The molecule has 1 aromatic rings. The molecule has 1 unspecified atom stereocenters. The van der Waals surface area contributed by atoms with Gasteiger partial charge in [-0.1, -0.05) is 11.6 Å². The molecule has 19 heavy (non-hydrogen) atoms. The van der Waals surface area contributed by atoms with Gasteiger partial charge in [0.1, 0.15) is 0 Å². The lowest BCUT2D eigenvalue weighted by molar-refractivity contribution is -0.153. The van der Waals surface area contributed by atoms with Gasteiger partial charge in [0.25, 0.3) is 0 Å². The molecule has 6 heteroatoms. The molecule has 1 saturated heterocycles. The maximum atomic E-state index is 11.8. The monoisotopic (exact) mass is 283 g/mol. The third kappa shape index (κ3) is 2.59. The quantitative estimate of drug-likeness (QED) is 0.906. The lowest BCUT2D eigenvalue weighted by Crippen LogP contribution is -2.57. The fourth-order valence-electron chi connectivity index (χ4n) is 2.38. The van der Waals surface area contributed by atoms with E-state index in [0.717, 1.165) is 13.1 Å². The molecular weight excluding hydrogens is 266 g/mol. The van der Waals surface area contributed by atoms with Crippen LogP contribution in [-0.4, -0.2) is 59.1 Å². The second-order valence-corrected chi connectivity index (χ2v) is 5.41. The number of piperazine rings is 1. The number of carboxylic acid groups (broad SMARTS) is 1. The summed E-state index contributed by atoms with van der Waals surface area (Å²) < 4.78 is 0. The van der Waals surface area contributed by atoms with Gasteiger partial charge in [0.2, 0.25) is 0 Å². The van der Waals surface area contributed by atoms with E-state index in [4.69, 9.17) is 11.6 Å². The fourth-order valence-corrected chi connectivity index (χ4v) is 2.69. The Hall–Kier alpha value is -1.17. The maximum absolute atomic E-state index is 11.8. The van der Waals surface area contributed by atoms with Gasteiger partial charge in [0.15, 0.2) is 5.54 Å². The summed E-state index contributed by atoms with van der Waals surface area (Å²) >= 11 is 6.14. The standard InChI is InChI=1S/C13H18ClN3O2/c1-13(12(18)19,11-10(14)4-3-5-15-11)17-8-6-16(2)7-9-17/h3-5H,6-9H2,1-2H3,(H,18,19). The average Bonchev–Trinajstić information content (AvgIpc) is 2.39. The highest BCUT2D eigenvalue weighted by molar-refractivity contribution is 6.31. The molecule has 1 atom stereocenters. The van der Waals surface area contributed by atoms with Crippen LogP contribution in [0.1, 0.15) is 12.6 Å². The first kappa shape index (κ1) is 14.2.